The molecular weight excluding hydrogens is 297 g/mol. The Bertz CT molecular complexity index is 662. The number of carbonyl (C=O) groups is 1. The molecule has 120 valence electrons. The van der Waals surface area contributed by atoms with Gasteiger partial charge >= 0.3 is 0 Å². The van der Waals surface area contributed by atoms with Crippen molar-refractivity contribution in [1.82, 2.24) is 4.90 Å². The van der Waals surface area contributed by atoms with Crippen LogP contribution >= 0.6 is 0 Å². The molecule has 0 aliphatic carbocycles. The summed E-state index contributed by atoms with van der Waals surface area (Å²) in [4.78, 5) is 13.9. The third-order valence-corrected chi connectivity index (χ3v) is 3.78. The fourth-order valence-corrected chi connectivity index (χ4v) is 2.55. The molecule has 2 aromatic rings. The van der Waals surface area contributed by atoms with Gasteiger partial charge in [0.1, 0.15) is 17.7 Å². The van der Waals surface area contributed by atoms with Crippen molar-refractivity contribution in [3.8, 4) is 5.75 Å². The molecule has 1 amide bonds. The van der Waals surface area contributed by atoms with Crippen LogP contribution in [0.4, 0.5) is 4.39 Å². The number of hydrogen-bond donors (Lipinski definition) is 0. The predicted octanol–water partition coefficient (Wildman–Crippen LogP) is 2.80. The van der Waals surface area contributed by atoms with E-state index in [1.807, 2.05) is 18.2 Å². The Hall–Kier alpha value is -2.40. The van der Waals surface area contributed by atoms with Crippen molar-refractivity contribution in [2.24, 2.45) is 0 Å². The summed E-state index contributed by atoms with van der Waals surface area (Å²) in [5.74, 6) is 0.214. The standard InChI is InChI=1S/C18H18FNO3/c19-16-9-5-4-8-15(16)17-12-20(10-11-22-17)18(21)13-23-14-6-2-1-3-7-14/h1-9,17H,10-13H2. The third-order valence-electron chi connectivity index (χ3n) is 3.78. The first-order valence-electron chi connectivity index (χ1n) is 7.55. The van der Waals surface area contributed by atoms with Crippen LogP contribution < -0.4 is 4.74 Å². The molecule has 0 saturated carbocycles. The molecule has 1 saturated heterocycles. The number of carbonyl (C=O) groups excluding carboxylic acids is 1. The summed E-state index contributed by atoms with van der Waals surface area (Å²) in [5, 5.41) is 0. The van der Waals surface area contributed by atoms with Gasteiger partial charge in [-0.3, -0.25) is 4.79 Å². The maximum Gasteiger partial charge on any atom is 0.260 e. The Morgan fingerprint density at radius 1 is 1.17 bits per heavy atom. The number of para-hydroxylation sites is 1. The average Bonchev–Trinajstić information content (AvgIpc) is 2.61. The molecule has 1 aliphatic rings. The van der Waals surface area contributed by atoms with Gasteiger partial charge in [0.15, 0.2) is 6.61 Å². The second-order valence-electron chi connectivity index (χ2n) is 5.32. The van der Waals surface area contributed by atoms with Crippen molar-refractivity contribution in [1.29, 1.82) is 0 Å². The Morgan fingerprint density at radius 3 is 2.70 bits per heavy atom. The number of nitrogens with zero attached hydrogens (tertiary/aromatic N) is 1. The van der Waals surface area contributed by atoms with E-state index < -0.39 is 6.10 Å². The van der Waals surface area contributed by atoms with E-state index in [-0.39, 0.29) is 18.3 Å². The number of hydrogen-bond acceptors (Lipinski definition) is 3. The van der Waals surface area contributed by atoms with Gasteiger partial charge in [-0.25, -0.2) is 4.39 Å². The minimum Gasteiger partial charge on any atom is -0.484 e. The van der Waals surface area contributed by atoms with Crippen molar-refractivity contribution < 1.29 is 18.7 Å². The summed E-state index contributed by atoms with van der Waals surface area (Å²) >= 11 is 0. The van der Waals surface area contributed by atoms with Crippen molar-refractivity contribution in [3.63, 3.8) is 0 Å². The number of ether oxygens (including phenoxy) is 2. The average molecular weight is 315 g/mol. The number of halogens is 1. The number of amides is 1. The quantitative estimate of drug-likeness (QED) is 0.871. The van der Waals surface area contributed by atoms with E-state index in [1.165, 1.54) is 6.07 Å². The molecule has 1 heterocycles. The molecule has 23 heavy (non-hydrogen) atoms. The molecule has 0 bridgehead atoms. The van der Waals surface area contributed by atoms with E-state index in [4.69, 9.17) is 9.47 Å². The van der Waals surface area contributed by atoms with E-state index in [1.54, 1.807) is 35.2 Å². The van der Waals surface area contributed by atoms with Crippen LogP contribution in [0.5, 0.6) is 5.75 Å². The van der Waals surface area contributed by atoms with E-state index >= 15 is 0 Å². The minimum absolute atomic E-state index is 0.0337. The lowest BCUT2D eigenvalue weighted by molar-refractivity contribution is -0.141. The molecule has 1 aliphatic heterocycles. The van der Waals surface area contributed by atoms with Crippen molar-refractivity contribution in [3.05, 3.63) is 66.0 Å². The largest absolute Gasteiger partial charge is 0.484 e. The molecule has 0 radical (unpaired) electrons. The SMILES string of the molecule is O=C(COc1ccccc1)N1CCOC(c2ccccc2F)C1. The van der Waals surface area contributed by atoms with Crippen LogP contribution in [0.15, 0.2) is 54.6 Å². The van der Waals surface area contributed by atoms with Crippen molar-refractivity contribution in [2.45, 2.75) is 6.10 Å². The lowest BCUT2D eigenvalue weighted by atomic mass is 10.1. The summed E-state index contributed by atoms with van der Waals surface area (Å²) in [6, 6.07) is 15.7. The molecule has 3 rings (SSSR count). The number of benzene rings is 2. The molecule has 1 fully saturated rings. The second-order valence-corrected chi connectivity index (χ2v) is 5.32. The van der Waals surface area contributed by atoms with Gasteiger partial charge in [0.25, 0.3) is 5.91 Å². The first-order valence-corrected chi connectivity index (χ1v) is 7.55. The molecule has 1 atom stereocenters. The van der Waals surface area contributed by atoms with Crippen LogP contribution in [0.25, 0.3) is 0 Å². The zero-order valence-corrected chi connectivity index (χ0v) is 12.7. The van der Waals surface area contributed by atoms with Gasteiger partial charge in [-0.05, 0) is 18.2 Å². The summed E-state index contributed by atoms with van der Waals surface area (Å²) in [7, 11) is 0. The van der Waals surface area contributed by atoms with E-state index in [2.05, 4.69) is 0 Å². The minimum atomic E-state index is -0.439. The molecule has 5 heteroatoms. The monoisotopic (exact) mass is 315 g/mol. The third kappa shape index (κ3) is 3.87. The van der Waals surface area contributed by atoms with Crippen LogP contribution in [0.2, 0.25) is 0 Å². The number of morpholine rings is 1. The predicted molar refractivity (Wildman–Crippen MR) is 83.6 cm³/mol. The fraction of sp³-hybridized carbons (Fsp3) is 0.278. The summed E-state index contributed by atoms with van der Waals surface area (Å²) in [6.45, 7) is 1.17. The normalized spacial score (nSPS) is 17.8. The Balaban J connectivity index is 1.60. The smallest absolute Gasteiger partial charge is 0.260 e. The van der Waals surface area contributed by atoms with E-state index in [0.717, 1.165) is 0 Å². The zero-order valence-electron chi connectivity index (χ0n) is 12.7. The van der Waals surface area contributed by atoms with Crippen LogP contribution in [-0.4, -0.2) is 37.1 Å². The molecule has 1 unspecified atom stereocenters. The first-order chi connectivity index (χ1) is 11.2. The lowest BCUT2D eigenvalue weighted by Gasteiger charge is -2.33. The number of rotatable bonds is 4. The maximum atomic E-state index is 13.9. The highest BCUT2D eigenvalue weighted by Gasteiger charge is 2.27. The second kappa shape index (κ2) is 7.24. The van der Waals surface area contributed by atoms with E-state index in [0.29, 0.717) is 31.0 Å². The van der Waals surface area contributed by atoms with Gasteiger partial charge < -0.3 is 14.4 Å². The van der Waals surface area contributed by atoms with Crippen molar-refractivity contribution >= 4 is 5.91 Å². The molecule has 4 nitrogen and oxygen atoms in total. The highest BCUT2D eigenvalue weighted by atomic mass is 19.1. The molecule has 0 N–H and O–H groups in total. The van der Waals surface area contributed by atoms with Crippen molar-refractivity contribution in [2.75, 3.05) is 26.3 Å². The van der Waals surface area contributed by atoms with Gasteiger partial charge in [-0.1, -0.05) is 36.4 Å². The van der Waals surface area contributed by atoms with Gasteiger partial charge in [-0.2, -0.15) is 0 Å². The Kier molecular flexibility index (Phi) is 4.88. The summed E-state index contributed by atoms with van der Waals surface area (Å²) in [6.07, 6.45) is -0.439. The van der Waals surface area contributed by atoms with Gasteiger partial charge in [0.2, 0.25) is 0 Å². The molecule has 0 spiro atoms. The van der Waals surface area contributed by atoms with Gasteiger partial charge in [0, 0.05) is 12.1 Å². The van der Waals surface area contributed by atoms with Gasteiger partial charge in [0.05, 0.1) is 13.2 Å². The first kappa shape index (κ1) is 15.5. The maximum absolute atomic E-state index is 13.9. The van der Waals surface area contributed by atoms with Crippen LogP contribution in [0.3, 0.4) is 0 Å². The van der Waals surface area contributed by atoms with Crippen LogP contribution in [0.1, 0.15) is 11.7 Å². The highest BCUT2D eigenvalue weighted by molar-refractivity contribution is 5.78. The molecular formula is C18H18FNO3. The summed E-state index contributed by atoms with van der Waals surface area (Å²) in [5.41, 5.74) is 0.481. The zero-order chi connectivity index (χ0) is 16.1. The fourth-order valence-electron chi connectivity index (χ4n) is 2.55. The topological polar surface area (TPSA) is 38.8 Å². The van der Waals surface area contributed by atoms with Gasteiger partial charge in [-0.15, -0.1) is 0 Å². The van der Waals surface area contributed by atoms with Crippen LogP contribution in [-0.2, 0) is 9.53 Å². The van der Waals surface area contributed by atoms with E-state index in [9.17, 15) is 9.18 Å². The molecule has 2 aromatic carbocycles. The Morgan fingerprint density at radius 2 is 1.91 bits per heavy atom. The lowest BCUT2D eigenvalue weighted by Crippen LogP contribution is -2.44. The Labute approximate surface area is 134 Å². The molecule has 0 aromatic heterocycles. The highest BCUT2D eigenvalue weighted by Crippen LogP contribution is 2.24. The summed E-state index contributed by atoms with van der Waals surface area (Å²) < 4.78 is 25.0. The van der Waals surface area contributed by atoms with Crippen LogP contribution in [0, 0.1) is 5.82 Å².